The maximum absolute atomic E-state index is 14.2. The van der Waals surface area contributed by atoms with Crippen LogP contribution in [0.1, 0.15) is 51.7 Å². The fourth-order valence-corrected chi connectivity index (χ4v) is 5.56. The van der Waals surface area contributed by atoms with Crippen LogP contribution in [0.2, 0.25) is 0 Å². The third kappa shape index (κ3) is 5.14. The highest BCUT2D eigenvalue weighted by Crippen LogP contribution is 2.54. The average molecular weight is 564 g/mol. The van der Waals surface area contributed by atoms with Gasteiger partial charge in [0.1, 0.15) is 18.2 Å². The fraction of sp³-hybridized carbons (Fsp3) is 0.355. The van der Waals surface area contributed by atoms with Crippen molar-refractivity contribution in [1.29, 1.82) is 0 Å². The second kappa shape index (κ2) is 10.9. The molecule has 214 valence electrons. The van der Waals surface area contributed by atoms with E-state index in [1.807, 2.05) is 37.3 Å². The number of pyridine rings is 1. The molecule has 10 heteroatoms. The molecule has 1 saturated carbocycles. The minimum absolute atomic E-state index is 0.00853. The summed E-state index contributed by atoms with van der Waals surface area (Å²) >= 11 is 0. The van der Waals surface area contributed by atoms with Crippen LogP contribution in [0.25, 0.3) is 0 Å². The lowest BCUT2D eigenvalue weighted by atomic mass is 9.99. The number of ether oxygens (including phenoxy) is 1. The third-order valence-corrected chi connectivity index (χ3v) is 7.93. The Labute approximate surface area is 236 Å². The Morgan fingerprint density at radius 1 is 1.10 bits per heavy atom. The summed E-state index contributed by atoms with van der Waals surface area (Å²) in [7, 11) is 3.31. The molecular weight excluding hydrogens is 532 g/mol. The molecule has 3 aromatic rings. The van der Waals surface area contributed by atoms with Crippen LogP contribution < -0.4 is 10.2 Å². The molecule has 8 nitrogen and oxygen atoms in total. The number of aromatic nitrogens is 1. The smallest absolute Gasteiger partial charge is 0.274 e. The van der Waals surface area contributed by atoms with Gasteiger partial charge in [-0.2, -0.15) is 0 Å². The van der Waals surface area contributed by atoms with Gasteiger partial charge in [-0.05, 0) is 37.0 Å². The van der Waals surface area contributed by atoms with Crippen molar-refractivity contribution in [3.8, 4) is 5.75 Å². The number of carbonyl (C=O) groups excluding carboxylic acids is 3. The Hall–Kier alpha value is -4.34. The van der Waals surface area contributed by atoms with Gasteiger partial charge in [0.25, 0.3) is 5.91 Å². The summed E-state index contributed by atoms with van der Waals surface area (Å²) in [5, 5.41) is 0. The van der Waals surface area contributed by atoms with Crippen LogP contribution in [0.5, 0.6) is 5.75 Å². The summed E-state index contributed by atoms with van der Waals surface area (Å²) < 4.78 is 35.2. The molecule has 2 heterocycles. The molecule has 0 radical (unpaired) electrons. The zero-order valence-corrected chi connectivity index (χ0v) is 23.2. The lowest BCUT2D eigenvalue weighted by Crippen LogP contribution is -2.50. The van der Waals surface area contributed by atoms with E-state index in [-0.39, 0.29) is 54.5 Å². The topological polar surface area (TPSA) is 88.9 Å². The van der Waals surface area contributed by atoms with Gasteiger partial charge in [-0.15, -0.1) is 0 Å². The maximum Gasteiger partial charge on any atom is 0.274 e. The molecule has 2 amide bonds. The monoisotopic (exact) mass is 563 g/mol. The first kappa shape index (κ1) is 28.2. The van der Waals surface area contributed by atoms with Gasteiger partial charge >= 0.3 is 0 Å². The summed E-state index contributed by atoms with van der Waals surface area (Å²) in [5.74, 6) is -3.33. The van der Waals surface area contributed by atoms with Gasteiger partial charge in [0.15, 0.2) is 17.2 Å². The lowest BCUT2D eigenvalue weighted by Gasteiger charge is -2.37. The first-order valence-corrected chi connectivity index (χ1v) is 13.5. The Morgan fingerprint density at radius 2 is 1.83 bits per heavy atom. The normalized spacial score (nSPS) is 19.2. The van der Waals surface area contributed by atoms with E-state index in [2.05, 4.69) is 0 Å². The van der Waals surface area contributed by atoms with Gasteiger partial charge < -0.3 is 19.1 Å². The van der Waals surface area contributed by atoms with Crippen molar-refractivity contribution in [2.75, 3.05) is 27.2 Å². The van der Waals surface area contributed by atoms with Gasteiger partial charge in [0.2, 0.25) is 11.3 Å². The quantitative estimate of drug-likeness (QED) is 0.370. The second-order valence-corrected chi connectivity index (χ2v) is 10.8. The predicted octanol–water partition coefficient (Wildman–Crippen LogP) is 3.80. The molecule has 5 rings (SSSR count). The molecule has 0 unspecified atom stereocenters. The van der Waals surface area contributed by atoms with Crippen LogP contribution in [0.4, 0.5) is 8.78 Å². The van der Waals surface area contributed by atoms with E-state index in [4.69, 9.17) is 4.74 Å². The number of halogens is 2. The van der Waals surface area contributed by atoms with Crippen LogP contribution in [0, 0.1) is 17.6 Å². The Balaban J connectivity index is 1.59. The largest absolute Gasteiger partial charge is 0.483 e. The number of aryl methyl sites for hydroxylation is 1. The minimum Gasteiger partial charge on any atom is -0.483 e. The molecule has 0 saturated heterocycles. The number of hydrogen-bond acceptors (Lipinski definition) is 5. The number of Topliss-reactive ketones (excluding diaryl/α,β-unsaturated/α-hetero) is 1. The Kier molecular flexibility index (Phi) is 7.50. The Morgan fingerprint density at radius 3 is 2.49 bits per heavy atom. The summed E-state index contributed by atoms with van der Waals surface area (Å²) in [4.78, 5) is 57.0. The van der Waals surface area contributed by atoms with Crippen molar-refractivity contribution in [1.82, 2.24) is 14.4 Å². The molecular formula is C31H31F2N3O5. The molecule has 2 atom stereocenters. The van der Waals surface area contributed by atoms with Crippen molar-refractivity contribution < 1.29 is 27.9 Å². The van der Waals surface area contributed by atoms with E-state index in [1.165, 1.54) is 17.2 Å². The zero-order chi connectivity index (χ0) is 29.5. The van der Waals surface area contributed by atoms with E-state index in [1.54, 1.807) is 23.6 Å². The first-order chi connectivity index (χ1) is 19.6. The number of amides is 2. The predicted molar refractivity (Wildman–Crippen MR) is 147 cm³/mol. The van der Waals surface area contributed by atoms with E-state index in [9.17, 15) is 28.0 Å². The highest BCUT2D eigenvalue weighted by molar-refractivity contribution is 6.00. The van der Waals surface area contributed by atoms with Gasteiger partial charge in [0.05, 0.1) is 17.0 Å². The number of likely N-dealkylation sites (N-methyl/N-ethyl adjacent to an activating group) is 1. The molecule has 0 bridgehead atoms. The average Bonchev–Trinajstić information content (AvgIpc) is 3.67. The number of rotatable bonds is 9. The minimum atomic E-state index is -0.836. The molecule has 1 aromatic heterocycles. The van der Waals surface area contributed by atoms with Crippen LogP contribution >= 0.6 is 0 Å². The zero-order valence-electron chi connectivity index (χ0n) is 23.2. The number of ketones is 1. The van der Waals surface area contributed by atoms with Crippen molar-refractivity contribution in [2.45, 2.75) is 38.3 Å². The molecule has 1 aliphatic heterocycles. The number of hydrogen-bond donors (Lipinski definition) is 0. The van der Waals surface area contributed by atoms with Crippen LogP contribution in [-0.2, 0) is 23.4 Å². The van der Waals surface area contributed by atoms with Crippen LogP contribution in [0.15, 0.2) is 59.5 Å². The van der Waals surface area contributed by atoms with Crippen LogP contribution in [0.3, 0.4) is 0 Å². The number of nitrogens with zero attached hydrogens (tertiary/aromatic N) is 3. The summed E-state index contributed by atoms with van der Waals surface area (Å²) in [6, 6.07) is 12.2. The highest BCUT2D eigenvalue weighted by atomic mass is 19.1. The third-order valence-electron chi connectivity index (χ3n) is 7.93. The SMILES string of the molecule is CCN1C[C@@]2(C[C@@H]2C(=O)N(C)C)n2cc(C(=O)CCc3ccc(F)cc3F)c(=O)c(OCc3ccccc3)c2C1=O. The van der Waals surface area contributed by atoms with E-state index in [0.29, 0.717) is 13.0 Å². The number of carbonyl (C=O) groups is 3. The van der Waals surface area contributed by atoms with Crippen molar-refractivity contribution >= 4 is 17.6 Å². The van der Waals surface area contributed by atoms with Gasteiger partial charge in [-0.1, -0.05) is 36.4 Å². The molecule has 2 aromatic carbocycles. The van der Waals surface area contributed by atoms with Crippen LogP contribution in [-0.4, -0.2) is 59.1 Å². The first-order valence-electron chi connectivity index (χ1n) is 13.5. The maximum atomic E-state index is 14.2. The molecule has 1 spiro atoms. The number of benzene rings is 2. The number of fused-ring (bicyclic) bond motifs is 2. The van der Waals surface area contributed by atoms with E-state index >= 15 is 0 Å². The van der Waals surface area contributed by atoms with Crippen molar-refractivity contribution in [3.05, 3.63) is 99.0 Å². The molecule has 1 aliphatic carbocycles. The summed E-state index contributed by atoms with van der Waals surface area (Å²) in [6.45, 7) is 2.41. The van der Waals surface area contributed by atoms with Crippen molar-refractivity contribution in [3.63, 3.8) is 0 Å². The Bertz CT molecular complexity index is 1590. The van der Waals surface area contributed by atoms with Gasteiger partial charge in [-0.25, -0.2) is 8.78 Å². The van der Waals surface area contributed by atoms with Gasteiger partial charge in [-0.3, -0.25) is 19.2 Å². The fourth-order valence-electron chi connectivity index (χ4n) is 5.56. The molecule has 41 heavy (non-hydrogen) atoms. The summed E-state index contributed by atoms with van der Waals surface area (Å²) in [6.07, 6.45) is 1.51. The van der Waals surface area contributed by atoms with E-state index < -0.39 is 40.2 Å². The lowest BCUT2D eigenvalue weighted by molar-refractivity contribution is -0.131. The van der Waals surface area contributed by atoms with E-state index in [0.717, 1.165) is 17.7 Å². The second-order valence-electron chi connectivity index (χ2n) is 10.8. The molecule has 2 aliphatic rings. The van der Waals surface area contributed by atoms with Gasteiger partial charge in [0, 0.05) is 45.9 Å². The standard InChI is InChI=1S/C31H31F2N3O5/c1-4-35-18-31(15-23(31)29(39)34(2)3)36-16-22(25(37)13-11-20-10-12-21(32)14-24(20)33)27(38)28(26(36)30(35)40)41-17-19-8-6-5-7-9-19/h5-10,12,14,16,23H,4,11,13,15,17-18H2,1-3H3/t23-,31-/m1/s1. The molecule has 1 fully saturated rings. The van der Waals surface area contributed by atoms with Crippen molar-refractivity contribution in [2.24, 2.45) is 5.92 Å². The molecule has 0 N–H and O–H groups in total. The highest BCUT2D eigenvalue weighted by Gasteiger charge is 2.64. The summed E-state index contributed by atoms with van der Waals surface area (Å²) in [5.41, 5.74) is -0.881.